The van der Waals surface area contributed by atoms with E-state index in [9.17, 15) is 14.4 Å². The summed E-state index contributed by atoms with van der Waals surface area (Å²) in [6.45, 7) is 12.3. The van der Waals surface area contributed by atoms with Crippen LogP contribution in [0.15, 0.2) is 109 Å². The second-order valence-electron chi connectivity index (χ2n) is 13.9. The van der Waals surface area contributed by atoms with Crippen molar-refractivity contribution in [2.75, 3.05) is 32.7 Å². The van der Waals surface area contributed by atoms with Gasteiger partial charge in [0.1, 0.15) is 5.60 Å². The molecule has 300 valence electrons. The fourth-order valence-electron chi connectivity index (χ4n) is 5.12. The summed E-state index contributed by atoms with van der Waals surface area (Å²) in [6, 6.07) is 29.3. The molecule has 0 atom stereocenters. The molecule has 0 fully saturated rings. The topological polar surface area (TPSA) is 212 Å². The first kappa shape index (κ1) is 43.7. The van der Waals surface area contributed by atoms with E-state index in [4.69, 9.17) is 27.8 Å². The molecule has 14 nitrogen and oxygen atoms in total. The van der Waals surface area contributed by atoms with Gasteiger partial charge in [-0.2, -0.15) is 0 Å². The van der Waals surface area contributed by atoms with Crippen LogP contribution in [0.2, 0.25) is 5.28 Å². The number of halogens is 1. The standard InChI is InChI=1S/C19H19N5O.C13H12ClN3O.C11H16N2O2/c1-12-11-21-19(23-17-5-3-4-15(20)10-17)24-18(12)14-6-8-16(9-7-14)22-13(2)25;1-8-7-15-13(14)17-12(8)10-3-5-11(6-4-10)16-9(2)18;1-11(2,3)15-10(14)13-9-6-4-5-8(12)7-9/h3-11H,20H2,1-2H3,(H,22,25)(H,21,23,24);3-7H,1-2H3,(H,16,18);4-7H,12H2,1-3H3,(H,13,14). The Morgan fingerprint density at radius 1 is 0.621 bits per heavy atom. The number of benzene rings is 4. The Morgan fingerprint density at radius 3 is 1.57 bits per heavy atom. The first-order valence-electron chi connectivity index (χ1n) is 18.0. The Labute approximate surface area is 342 Å². The molecule has 0 aliphatic heterocycles. The first-order chi connectivity index (χ1) is 27.4. The molecule has 2 heterocycles. The SMILES string of the molecule is CC(=O)Nc1ccc(-c2nc(Cl)ncc2C)cc1.CC(=O)Nc1ccc(-c2nc(Nc3cccc(N)c3)ncc2C)cc1.CC(C)(C)OC(=O)Nc1cccc(N)c1. The third-order valence-corrected chi connectivity index (χ3v) is 7.73. The van der Waals surface area contributed by atoms with Crippen LogP contribution >= 0.6 is 11.6 Å². The van der Waals surface area contributed by atoms with E-state index in [2.05, 4.69) is 41.2 Å². The largest absolute Gasteiger partial charge is 0.444 e. The number of nitrogens with two attached hydrogens (primary N) is 2. The van der Waals surface area contributed by atoms with Gasteiger partial charge in [0.2, 0.25) is 23.0 Å². The average Bonchev–Trinajstić information content (AvgIpc) is 3.13. The molecule has 6 rings (SSSR count). The fourth-order valence-corrected chi connectivity index (χ4v) is 5.25. The second kappa shape index (κ2) is 20.2. The minimum atomic E-state index is -0.496. The number of nitrogen functional groups attached to an aromatic ring is 2. The van der Waals surface area contributed by atoms with E-state index in [0.717, 1.165) is 50.7 Å². The van der Waals surface area contributed by atoms with Crippen LogP contribution in [0, 0.1) is 13.8 Å². The Bertz CT molecular complexity index is 2350. The van der Waals surface area contributed by atoms with Gasteiger partial charge in [-0.25, -0.2) is 24.7 Å². The third kappa shape index (κ3) is 14.5. The van der Waals surface area contributed by atoms with E-state index in [1.165, 1.54) is 13.8 Å². The smallest absolute Gasteiger partial charge is 0.412 e. The molecule has 4 aromatic carbocycles. The lowest BCUT2D eigenvalue weighted by atomic mass is 10.1. The molecule has 8 N–H and O–H groups in total. The van der Waals surface area contributed by atoms with Gasteiger partial charge < -0.3 is 32.2 Å². The van der Waals surface area contributed by atoms with Crippen LogP contribution in [0.4, 0.5) is 44.9 Å². The molecule has 0 unspecified atom stereocenters. The fraction of sp³-hybridized carbons (Fsp3) is 0.186. The molecule has 58 heavy (non-hydrogen) atoms. The van der Waals surface area contributed by atoms with Crippen LogP contribution in [0.3, 0.4) is 0 Å². The van der Waals surface area contributed by atoms with Crippen molar-refractivity contribution in [2.24, 2.45) is 0 Å². The molecule has 3 amide bonds. The average molecular weight is 803 g/mol. The Balaban J connectivity index is 0.000000200. The zero-order valence-electron chi connectivity index (χ0n) is 33.3. The zero-order chi connectivity index (χ0) is 42.4. The molecule has 0 saturated heterocycles. The highest BCUT2D eigenvalue weighted by atomic mass is 35.5. The minimum Gasteiger partial charge on any atom is -0.444 e. The van der Waals surface area contributed by atoms with Gasteiger partial charge in [-0.15, -0.1) is 0 Å². The van der Waals surface area contributed by atoms with Crippen molar-refractivity contribution in [3.8, 4) is 22.5 Å². The summed E-state index contributed by atoms with van der Waals surface area (Å²) >= 11 is 5.79. The summed E-state index contributed by atoms with van der Waals surface area (Å²) in [5.74, 6) is 0.306. The van der Waals surface area contributed by atoms with Gasteiger partial charge in [-0.05, 0) is 118 Å². The van der Waals surface area contributed by atoms with Crippen molar-refractivity contribution in [3.05, 3.63) is 126 Å². The Kier molecular flexibility index (Phi) is 15.2. The Hall–Kier alpha value is -7.06. The molecule has 15 heteroatoms. The summed E-state index contributed by atoms with van der Waals surface area (Å²) < 4.78 is 5.09. The molecular formula is C43H47ClN10O4. The lowest BCUT2D eigenvalue weighted by Crippen LogP contribution is -2.27. The highest BCUT2D eigenvalue weighted by molar-refractivity contribution is 6.28. The van der Waals surface area contributed by atoms with Crippen LogP contribution in [-0.2, 0) is 14.3 Å². The number of nitrogens with zero attached hydrogens (tertiary/aromatic N) is 4. The predicted octanol–water partition coefficient (Wildman–Crippen LogP) is 9.42. The maximum atomic E-state index is 11.4. The number of ether oxygens (including phenoxy) is 1. The number of amides is 3. The molecule has 2 aromatic heterocycles. The number of carbonyl (C=O) groups excluding carboxylic acids is 3. The molecule has 6 aromatic rings. The molecule has 0 saturated carbocycles. The lowest BCUT2D eigenvalue weighted by molar-refractivity contribution is -0.115. The normalized spacial score (nSPS) is 10.4. The van der Waals surface area contributed by atoms with Crippen molar-refractivity contribution in [3.63, 3.8) is 0 Å². The van der Waals surface area contributed by atoms with E-state index >= 15 is 0 Å². The van der Waals surface area contributed by atoms with Crippen LogP contribution in [0.25, 0.3) is 22.5 Å². The van der Waals surface area contributed by atoms with E-state index in [-0.39, 0.29) is 17.1 Å². The molecular weight excluding hydrogens is 756 g/mol. The summed E-state index contributed by atoms with van der Waals surface area (Å²) in [6.07, 6.45) is 2.98. The summed E-state index contributed by atoms with van der Waals surface area (Å²) in [4.78, 5) is 50.5. The van der Waals surface area contributed by atoms with Crippen molar-refractivity contribution in [2.45, 2.75) is 54.1 Å². The number of nitrogens with one attached hydrogen (secondary N) is 4. The summed E-state index contributed by atoms with van der Waals surface area (Å²) in [7, 11) is 0. The highest BCUT2D eigenvalue weighted by Gasteiger charge is 2.16. The predicted molar refractivity (Wildman–Crippen MR) is 233 cm³/mol. The third-order valence-electron chi connectivity index (χ3n) is 7.55. The van der Waals surface area contributed by atoms with Gasteiger partial charge in [0.15, 0.2) is 0 Å². The summed E-state index contributed by atoms with van der Waals surface area (Å²) in [5, 5.41) is 11.4. The molecule has 0 aliphatic rings. The molecule has 0 aliphatic carbocycles. The van der Waals surface area contributed by atoms with Gasteiger partial charge >= 0.3 is 6.09 Å². The van der Waals surface area contributed by atoms with Gasteiger partial charge in [0.25, 0.3) is 0 Å². The van der Waals surface area contributed by atoms with Gasteiger partial charge in [-0.1, -0.05) is 36.4 Å². The zero-order valence-corrected chi connectivity index (χ0v) is 34.1. The number of carbonyl (C=O) groups is 3. The van der Waals surface area contributed by atoms with Crippen molar-refractivity contribution < 1.29 is 19.1 Å². The first-order valence-corrected chi connectivity index (χ1v) is 18.4. The highest BCUT2D eigenvalue weighted by Crippen LogP contribution is 2.26. The van der Waals surface area contributed by atoms with Crippen molar-refractivity contribution >= 4 is 69.6 Å². The maximum absolute atomic E-state index is 11.4. The van der Waals surface area contributed by atoms with Crippen LogP contribution < -0.4 is 32.7 Å². The monoisotopic (exact) mass is 802 g/mol. The number of anilines is 7. The van der Waals surface area contributed by atoms with Gasteiger partial charge in [0.05, 0.1) is 11.4 Å². The van der Waals surface area contributed by atoms with E-state index < -0.39 is 11.7 Å². The van der Waals surface area contributed by atoms with Crippen molar-refractivity contribution in [1.29, 1.82) is 0 Å². The van der Waals surface area contributed by atoms with Crippen LogP contribution in [0.1, 0.15) is 45.7 Å². The molecule has 0 radical (unpaired) electrons. The van der Waals surface area contributed by atoms with E-state index in [0.29, 0.717) is 23.0 Å². The Morgan fingerprint density at radius 2 is 1.09 bits per heavy atom. The lowest BCUT2D eigenvalue weighted by Gasteiger charge is -2.19. The number of hydrogen-bond acceptors (Lipinski definition) is 11. The minimum absolute atomic E-state index is 0.0935. The number of rotatable bonds is 7. The van der Waals surface area contributed by atoms with E-state index in [1.807, 2.05) is 107 Å². The quantitative estimate of drug-likeness (QED) is 0.0661. The van der Waals surface area contributed by atoms with Crippen molar-refractivity contribution in [1.82, 2.24) is 19.9 Å². The number of hydrogen-bond donors (Lipinski definition) is 6. The molecule has 0 spiro atoms. The van der Waals surface area contributed by atoms with E-state index in [1.54, 1.807) is 36.7 Å². The van der Waals surface area contributed by atoms with Gasteiger partial charge in [0, 0.05) is 71.5 Å². The molecule has 0 bridgehead atoms. The second-order valence-corrected chi connectivity index (χ2v) is 14.3. The number of aromatic nitrogens is 4. The van der Waals surface area contributed by atoms with Gasteiger partial charge in [-0.3, -0.25) is 14.9 Å². The van der Waals surface area contributed by atoms with Crippen LogP contribution in [-0.4, -0.2) is 43.4 Å². The number of aryl methyl sites for hydroxylation is 2. The maximum Gasteiger partial charge on any atom is 0.412 e. The summed E-state index contributed by atoms with van der Waals surface area (Å²) in [5.41, 5.74) is 20.5. The van der Waals surface area contributed by atoms with Crippen LogP contribution in [0.5, 0.6) is 0 Å².